The van der Waals surface area contributed by atoms with Gasteiger partial charge in [-0.3, -0.25) is 4.90 Å². The van der Waals surface area contributed by atoms with E-state index in [1.807, 2.05) is 12.1 Å². The number of benzene rings is 1. The van der Waals surface area contributed by atoms with E-state index in [1.165, 1.54) is 56.3 Å². The van der Waals surface area contributed by atoms with Gasteiger partial charge in [0.1, 0.15) is 5.75 Å². The Morgan fingerprint density at radius 1 is 0.844 bits per heavy atom. The molecular weight excluding hydrogens is 428 g/mol. The molecular formula is C24H37NNa2O5. The van der Waals surface area contributed by atoms with Crippen molar-refractivity contribution in [3.63, 3.8) is 0 Å². The van der Waals surface area contributed by atoms with Crippen molar-refractivity contribution >= 4 is 11.9 Å². The maximum atomic E-state index is 10.9. The van der Waals surface area contributed by atoms with Crippen LogP contribution < -0.4 is 69.3 Å². The number of carboxylic acid groups (broad SMARTS) is 2. The Hall–Kier alpha value is -0.0800. The normalized spacial score (nSPS) is 10.5. The Balaban J connectivity index is 0. The molecule has 1 N–H and O–H groups in total. The molecule has 1 aromatic carbocycles. The molecule has 0 atom stereocenters. The number of aliphatic carboxylic acids is 2. The third-order valence-electron chi connectivity index (χ3n) is 5.36. The summed E-state index contributed by atoms with van der Waals surface area (Å²) in [6, 6.07) is 3.78. The average molecular weight is 466 g/mol. The van der Waals surface area contributed by atoms with E-state index in [0.29, 0.717) is 11.1 Å². The van der Waals surface area contributed by atoms with Crippen LogP contribution in [-0.2, 0) is 22.6 Å². The number of carbonyl (C=O) groups excluding carboxylic acids is 2. The minimum atomic E-state index is -1.37. The minimum Gasteiger partial charge on any atom is -0.549 e. The molecule has 0 spiro atoms. The van der Waals surface area contributed by atoms with Gasteiger partial charge < -0.3 is 24.9 Å². The Kier molecular flexibility index (Phi) is 21.6. The molecule has 0 radical (unpaired) electrons. The van der Waals surface area contributed by atoms with Crippen LogP contribution in [0.5, 0.6) is 5.75 Å². The zero-order chi connectivity index (χ0) is 22.4. The summed E-state index contributed by atoms with van der Waals surface area (Å²) < 4.78 is 0. The van der Waals surface area contributed by atoms with Crippen molar-refractivity contribution in [3.05, 3.63) is 28.8 Å². The third-order valence-corrected chi connectivity index (χ3v) is 5.36. The number of aromatic hydroxyl groups is 1. The molecule has 0 saturated heterocycles. The molecule has 32 heavy (non-hydrogen) atoms. The summed E-state index contributed by atoms with van der Waals surface area (Å²) in [6.07, 6.45) is 13.5. The number of nitrogens with zero attached hydrogens (tertiary/aromatic N) is 1. The Morgan fingerprint density at radius 3 is 1.78 bits per heavy atom. The first-order valence-corrected chi connectivity index (χ1v) is 11.3. The molecule has 8 heteroatoms. The van der Waals surface area contributed by atoms with Crippen molar-refractivity contribution in [1.29, 1.82) is 0 Å². The quantitative estimate of drug-likeness (QED) is 0.189. The molecule has 0 saturated carbocycles. The van der Waals surface area contributed by atoms with Crippen LogP contribution in [0, 0.1) is 6.92 Å². The number of unbranched alkanes of at least 4 members (excludes halogenated alkanes) is 9. The predicted octanol–water partition coefficient (Wildman–Crippen LogP) is -3.53. The number of aryl methyl sites for hydroxylation is 2. The van der Waals surface area contributed by atoms with E-state index < -0.39 is 25.0 Å². The van der Waals surface area contributed by atoms with Crippen molar-refractivity contribution in [3.8, 4) is 5.75 Å². The SMILES string of the molecule is CCCCCCCCCCCCc1cc(C)c(O)c(CN(CC(=O)[O-])CC(=O)[O-])c1.[Na+].[Na+]. The van der Waals surface area contributed by atoms with Crippen LogP contribution in [0.1, 0.15) is 87.8 Å². The minimum absolute atomic E-state index is 0. The monoisotopic (exact) mass is 465 g/mol. The van der Waals surface area contributed by atoms with Gasteiger partial charge >= 0.3 is 59.1 Å². The van der Waals surface area contributed by atoms with Gasteiger partial charge in [-0.1, -0.05) is 76.8 Å². The van der Waals surface area contributed by atoms with E-state index >= 15 is 0 Å². The molecule has 0 aromatic heterocycles. The van der Waals surface area contributed by atoms with Crippen LogP contribution >= 0.6 is 0 Å². The standard InChI is InChI=1S/C24H39NO5.2Na/c1-3-4-5-6-7-8-9-10-11-12-13-20-14-19(2)24(30)21(15-20)16-25(17-22(26)27)18-23(28)29;;/h14-15,30H,3-13,16-18H2,1-2H3,(H,26,27)(H,28,29);;/q;2*+1/p-2. The maximum absolute atomic E-state index is 10.9. The summed E-state index contributed by atoms with van der Waals surface area (Å²) in [6.45, 7) is 2.98. The first-order valence-electron chi connectivity index (χ1n) is 11.3. The van der Waals surface area contributed by atoms with Gasteiger partial charge in [-0.25, -0.2) is 0 Å². The van der Waals surface area contributed by atoms with Crippen LogP contribution in [0.3, 0.4) is 0 Å². The average Bonchev–Trinajstić information content (AvgIpc) is 2.66. The van der Waals surface area contributed by atoms with Crippen LogP contribution in [0.4, 0.5) is 0 Å². The van der Waals surface area contributed by atoms with Crippen molar-refractivity contribution in [1.82, 2.24) is 4.90 Å². The van der Waals surface area contributed by atoms with Gasteiger partial charge in [0.15, 0.2) is 0 Å². The van der Waals surface area contributed by atoms with Gasteiger partial charge in [-0.15, -0.1) is 0 Å². The summed E-state index contributed by atoms with van der Waals surface area (Å²) in [5.41, 5.74) is 2.30. The molecule has 1 rings (SSSR count). The number of carboxylic acids is 2. The first kappa shape index (κ1) is 34.1. The summed E-state index contributed by atoms with van der Waals surface area (Å²) in [5.74, 6) is -2.66. The van der Waals surface area contributed by atoms with Crippen LogP contribution in [0.25, 0.3) is 0 Å². The fraction of sp³-hybridized carbons (Fsp3) is 0.667. The van der Waals surface area contributed by atoms with Gasteiger partial charge in [0.25, 0.3) is 0 Å². The number of phenolic OH excluding ortho intramolecular Hbond substituents is 1. The van der Waals surface area contributed by atoms with E-state index in [2.05, 4.69) is 6.92 Å². The molecule has 0 aliphatic rings. The second-order valence-electron chi connectivity index (χ2n) is 8.24. The summed E-state index contributed by atoms with van der Waals surface area (Å²) >= 11 is 0. The van der Waals surface area contributed by atoms with Crippen LogP contribution in [0.2, 0.25) is 0 Å². The predicted molar refractivity (Wildman–Crippen MR) is 114 cm³/mol. The summed E-state index contributed by atoms with van der Waals surface area (Å²) in [4.78, 5) is 23.0. The largest absolute Gasteiger partial charge is 1.00 e. The number of rotatable bonds is 17. The van der Waals surface area contributed by atoms with E-state index in [9.17, 15) is 24.9 Å². The van der Waals surface area contributed by atoms with Gasteiger partial charge in [-0.2, -0.15) is 0 Å². The smallest absolute Gasteiger partial charge is 0.549 e. The molecule has 0 fully saturated rings. The first-order chi connectivity index (χ1) is 14.3. The van der Waals surface area contributed by atoms with Gasteiger partial charge in [0.2, 0.25) is 0 Å². The summed E-state index contributed by atoms with van der Waals surface area (Å²) in [7, 11) is 0. The van der Waals surface area contributed by atoms with Crippen LogP contribution in [-0.4, -0.2) is 35.0 Å². The van der Waals surface area contributed by atoms with Crippen LogP contribution in [0.15, 0.2) is 12.1 Å². The Morgan fingerprint density at radius 2 is 1.31 bits per heavy atom. The fourth-order valence-corrected chi connectivity index (χ4v) is 3.79. The molecule has 170 valence electrons. The molecule has 0 amide bonds. The zero-order valence-electron chi connectivity index (χ0n) is 20.6. The Bertz CT molecular complexity index is 654. The van der Waals surface area contributed by atoms with Crippen molar-refractivity contribution in [2.75, 3.05) is 13.1 Å². The number of carbonyl (C=O) groups is 2. The maximum Gasteiger partial charge on any atom is 1.00 e. The molecule has 0 unspecified atom stereocenters. The van der Waals surface area contributed by atoms with Gasteiger partial charge in [0, 0.05) is 25.2 Å². The second kappa shape index (κ2) is 20.3. The number of hydrogen-bond acceptors (Lipinski definition) is 6. The zero-order valence-corrected chi connectivity index (χ0v) is 24.6. The molecule has 0 bridgehead atoms. The molecule has 0 heterocycles. The van der Waals surface area contributed by atoms with E-state index in [1.54, 1.807) is 6.92 Å². The molecule has 6 nitrogen and oxygen atoms in total. The van der Waals surface area contributed by atoms with Crippen molar-refractivity contribution in [2.24, 2.45) is 0 Å². The summed E-state index contributed by atoms with van der Waals surface area (Å²) in [5, 5.41) is 32.1. The van der Waals surface area contributed by atoms with Gasteiger partial charge in [0.05, 0.1) is 11.9 Å². The van der Waals surface area contributed by atoms with E-state index in [4.69, 9.17) is 0 Å². The van der Waals surface area contributed by atoms with E-state index in [0.717, 1.165) is 24.8 Å². The van der Waals surface area contributed by atoms with Gasteiger partial charge in [-0.05, 0) is 30.9 Å². The van der Waals surface area contributed by atoms with Crippen molar-refractivity contribution in [2.45, 2.75) is 91.0 Å². The third kappa shape index (κ3) is 15.7. The second-order valence-corrected chi connectivity index (χ2v) is 8.24. The molecule has 1 aromatic rings. The Labute approximate surface area is 237 Å². The molecule has 0 aliphatic carbocycles. The molecule has 0 aliphatic heterocycles. The van der Waals surface area contributed by atoms with Crippen molar-refractivity contribution < 1.29 is 84.0 Å². The number of phenols is 1. The van der Waals surface area contributed by atoms with E-state index in [-0.39, 0.29) is 71.4 Å². The fourth-order valence-electron chi connectivity index (χ4n) is 3.79. The number of hydrogen-bond donors (Lipinski definition) is 1. The topological polar surface area (TPSA) is 104 Å².